The lowest BCUT2D eigenvalue weighted by Crippen LogP contribution is -2.40. The van der Waals surface area contributed by atoms with E-state index in [2.05, 4.69) is 34.1 Å². The van der Waals surface area contributed by atoms with Crippen LogP contribution < -0.4 is 0 Å². The van der Waals surface area contributed by atoms with Crippen LogP contribution in [0.4, 0.5) is 4.79 Å². The zero-order valence-corrected chi connectivity index (χ0v) is 22.7. The van der Waals surface area contributed by atoms with Gasteiger partial charge in [0.1, 0.15) is 24.2 Å². The molecule has 2 aromatic rings. The van der Waals surface area contributed by atoms with Crippen LogP contribution in [0.2, 0.25) is 0 Å². The summed E-state index contributed by atoms with van der Waals surface area (Å²) < 4.78 is 11.0. The minimum absolute atomic E-state index is 0.0645. The van der Waals surface area contributed by atoms with Gasteiger partial charge >= 0.3 is 6.09 Å². The van der Waals surface area contributed by atoms with Gasteiger partial charge in [0.05, 0.1) is 11.6 Å². The maximum Gasteiger partial charge on any atom is 0.410 e. The lowest BCUT2D eigenvalue weighted by Gasteiger charge is -2.26. The Balaban J connectivity index is 0.000000563. The number of benzene rings is 1. The number of Topliss-reactive ketones (excluding diaryl/α,β-unsaturated/α-hetero) is 1. The number of pyridine rings is 1. The molecule has 1 aliphatic rings. The van der Waals surface area contributed by atoms with Gasteiger partial charge in [0.15, 0.2) is 0 Å². The first-order valence-electron chi connectivity index (χ1n) is 11.2. The molecule has 3 rings (SSSR count). The Bertz CT molecular complexity index is 927. The molecule has 1 aliphatic heterocycles. The SMILES string of the molecule is C=C.CC.CC(C)(C)OC(=O)N1CCC[C@H]1C=O.COCC(=O)c1ccc2cc(Br)ccc2n1. The molecule has 1 atom stereocenters. The number of ketones is 1. The molecule has 1 saturated heterocycles. The van der Waals surface area contributed by atoms with Crippen LogP contribution in [0.3, 0.4) is 0 Å². The average Bonchev–Trinajstić information content (AvgIpc) is 3.30. The highest BCUT2D eigenvalue weighted by Gasteiger charge is 2.31. The van der Waals surface area contributed by atoms with Crippen molar-refractivity contribution in [1.82, 2.24) is 9.88 Å². The zero-order valence-electron chi connectivity index (χ0n) is 21.1. The number of carbonyl (C=O) groups is 3. The number of aromatic nitrogens is 1. The summed E-state index contributed by atoms with van der Waals surface area (Å²) in [5.41, 5.74) is 0.759. The number of fused-ring (bicyclic) bond motifs is 1. The molecule has 0 unspecified atom stereocenters. The van der Waals surface area contributed by atoms with E-state index in [-0.39, 0.29) is 24.5 Å². The van der Waals surface area contributed by atoms with Crippen molar-refractivity contribution in [3.8, 4) is 0 Å². The molecular weight excluding hydrogens is 500 g/mol. The summed E-state index contributed by atoms with van der Waals surface area (Å²) in [4.78, 5) is 39.6. The molecule has 0 radical (unpaired) electrons. The first-order valence-corrected chi connectivity index (χ1v) is 12.0. The van der Waals surface area contributed by atoms with Gasteiger partial charge in [-0.05, 0) is 57.9 Å². The summed E-state index contributed by atoms with van der Waals surface area (Å²) >= 11 is 3.39. The molecule has 188 valence electrons. The largest absolute Gasteiger partial charge is 0.444 e. The van der Waals surface area contributed by atoms with Gasteiger partial charge in [0.25, 0.3) is 0 Å². The Labute approximate surface area is 211 Å². The van der Waals surface area contributed by atoms with Crippen molar-refractivity contribution in [1.29, 1.82) is 0 Å². The fourth-order valence-electron chi connectivity index (χ4n) is 2.94. The molecule has 1 aromatic heterocycles. The van der Waals surface area contributed by atoms with Gasteiger partial charge in [0, 0.05) is 23.5 Å². The van der Waals surface area contributed by atoms with Gasteiger partial charge in [-0.1, -0.05) is 35.8 Å². The lowest BCUT2D eigenvalue weighted by molar-refractivity contribution is -0.111. The van der Waals surface area contributed by atoms with Crippen LogP contribution in [0.25, 0.3) is 10.9 Å². The number of ether oxygens (including phenoxy) is 2. The monoisotopic (exact) mass is 536 g/mol. The second kappa shape index (κ2) is 16.1. The smallest absolute Gasteiger partial charge is 0.410 e. The second-order valence-electron chi connectivity index (χ2n) is 7.91. The van der Waals surface area contributed by atoms with Crippen molar-refractivity contribution in [2.24, 2.45) is 0 Å². The minimum atomic E-state index is -0.493. The van der Waals surface area contributed by atoms with E-state index in [1.165, 1.54) is 12.0 Å². The highest BCUT2D eigenvalue weighted by molar-refractivity contribution is 9.10. The van der Waals surface area contributed by atoms with Gasteiger partial charge < -0.3 is 14.3 Å². The Kier molecular flexibility index (Phi) is 14.9. The van der Waals surface area contributed by atoms with Crippen molar-refractivity contribution in [3.63, 3.8) is 0 Å². The highest BCUT2D eigenvalue weighted by atomic mass is 79.9. The molecule has 1 amide bonds. The van der Waals surface area contributed by atoms with Gasteiger partial charge in [-0.15, -0.1) is 13.2 Å². The van der Waals surface area contributed by atoms with E-state index in [0.29, 0.717) is 12.2 Å². The standard InChI is InChI=1S/C12H10BrNO2.C10H17NO3.C2H6.C2H4/c1-16-7-12(15)11-4-2-8-6-9(13)3-5-10(8)14-11;1-10(2,3)14-9(13)11-6-4-5-8(11)7-12;2*1-2/h2-6H,7H2,1H3;7-8H,4-6H2,1-3H3;1-2H3;1-2H2/t;8-;;/m.0../s1. The third-order valence-electron chi connectivity index (χ3n) is 4.30. The third-order valence-corrected chi connectivity index (χ3v) is 4.79. The molecule has 0 aliphatic carbocycles. The van der Waals surface area contributed by atoms with Gasteiger partial charge in [-0.25, -0.2) is 9.78 Å². The second-order valence-corrected chi connectivity index (χ2v) is 8.82. The van der Waals surface area contributed by atoms with Crippen LogP contribution in [0.15, 0.2) is 48.0 Å². The maximum atomic E-state index is 11.6. The molecule has 0 saturated carbocycles. The summed E-state index contributed by atoms with van der Waals surface area (Å²) in [6.07, 6.45) is 2.06. The number of methoxy groups -OCH3 is 1. The van der Waals surface area contributed by atoms with Crippen molar-refractivity contribution in [2.45, 2.75) is 59.1 Å². The Morgan fingerprint density at radius 2 is 1.85 bits per heavy atom. The van der Waals surface area contributed by atoms with Crippen LogP contribution in [-0.2, 0) is 14.3 Å². The molecule has 0 spiro atoms. The van der Waals surface area contributed by atoms with Crippen LogP contribution in [0.5, 0.6) is 0 Å². The number of halogens is 1. The normalized spacial score (nSPS) is 14.4. The predicted octanol–water partition coefficient (Wildman–Crippen LogP) is 6.24. The van der Waals surface area contributed by atoms with E-state index in [0.717, 1.165) is 34.5 Å². The first-order chi connectivity index (χ1) is 16.1. The number of rotatable bonds is 4. The number of carbonyl (C=O) groups excluding carboxylic acids is 3. The summed E-state index contributed by atoms with van der Waals surface area (Å²) in [5.74, 6) is -0.104. The zero-order chi connectivity index (χ0) is 26.3. The Morgan fingerprint density at radius 1 is 1.21 bits per heavy atom. The number of aldehydes is 1. The molecule has 8 heteroatoms. The van der Waals surface area contributed by atoms with Crippen molar-refractivity contribution in [2.75, 3.05) is 20.3 Å². The quantitative estimate of drug-likeness (QED) is 0.261. The third kappa shape index (κ3) is 10.6. The molecule has 0 N–H and O–H groups in total. The van der Waals surface area contributed by atoms with Crippen molar-refractivity contribution >= 4 is 45.0 Å². The number of hydrogen-bond acceptors (Lipinski definition) is 6. The van der Waals surface area contributed by atoms with Crippen LogP contribution in [0, 0.1) is 0 Å². The van der Waals surface area contributed by atoms with Crippen molar-refractivity contribution < 1.29 is 23.9 Å². The van der Waals surface area contributed by atoms with E-state index < -0.39 is 5.60 Å². The summed E-state index contributed by atoms with van der Waals surface area (Å²) in [6.45, 7) is 16.1. The summed E-state index contributed by atoms with van der Waals surface area (Å²) in [6, 6.07) is 9.06. The van der Waals surface area contributed by atoms with Crippen LogP contribution in [0.1, 0.15) is 57.9 Å². The number of hydrogen-bond donors (Lipinski definition) is 0. The van der Waals surface area contributed by atoms with E-state index in [1.54, 1.807) is 6.07 Å². The van der Waals surface area contributed by atoms with Gasteiger partial charge in [0.2, 0.25) is 5.78 Å². The maximum absolute atomic E-state index is 11.6. The molecule has 34 heavy (non-hydrogen) atoms. The fraction of sp³-hybridized carbons (Fsp3) is 0.462. The molecule has 1 aromatic carbocycles. The Hall–Kier alpha value is -2.58. The number of nitrogens with zero attached hydrogens (tertiary/aromatic N) is 2. The summed E-state index contributed by atoms with van der Waals surface area (Å²) in [7, 11) is 1.50. The lowest BCUT2D eigenvalue weighted by atomic mass is 10.2. The topological polar surface area (TPSA) is 85.8 Å². The fourth-order valence-corrected chi connectivity index (χ4v) is 3.32. The van der Waals surface area contributed by atoms with E-state index in [9.17, 15) is 14.4 Å². The molecule has 1 fully saturated rings. The van der Waals surface area contributed by atoms with Gasteiger partial charge in [-0.3, -0.25) is 9.69 Å². The van der Waals surface area contributed by atoms with E-state index in [4.69, 9.17) is 9.47 Å². The molecule has 2 heterocycles. The Morgan fingerprint density at radius 3 is 2.41 bits per heavy atom. The van der Waals surface area contributed by atoms with Crippen LogP contribution >= 0.6 is 15.9 Å². The van der Waals surface area contributed by atoms with E-state index in [1.807, 2.05) is 58.9 Å². The first kappa shape index (κ1) is 31.4. The minimum Gasteiger partial charge on any atom is -0.444 e. The highest BCUT2D eigenvalue weighted by Crippen LogP contribution is 2.20. The number of amides is 1. The predicted molar refractivity (Wildman–Crippen MR) is 140 cm³/mol. The van der Waals surface area contributed by atoms with E-state index >= 15 is 0 Å². The van der Waals surface area contributed by atoms with Crippen molar-refractivity contribution in [3.05, 3.63) is 53.7 Å². The average molecular weight is 537 g/mol. The molecular formula is C26H37BrN2O5. The molecule has 7 nitrogen and oxygen atoms in total. The number of likely N-dealkylation sites (tertiary alicyclic amines) is 1. The summed E-state index contributed by atoms with van der Waals surface area (Å²) in [5, 5.41) is 1.00. The molecule has 0 bridgehead atoms. The van der Waals surface area contributed by atoms with Crippen LogP contribution in [-0.4, -0.2) is 60.0 Å². The van der Waals surface area contributed by atoms with Gasteiger partial charge in [-0.2, -0.15) is 0 Å².